The van der Waals surface area contributed by atoms with Gasteiger partial charge < -0.3 is 18.9 Å². The highest BCUT2D eigenvalue weighted by molar-refractivity contribution is 14.1. The van der Waals surface area contributed by atoms with Crippen LogP contribution >= 0.6 is 38.5 Å². The topological polar surface area (TPSA) is 120 Å². The Kier molecular flexibility index (Phi) is 8.55. The third kappa shape index (κ3) is 5.91. The van der Waals surface area contributed by atoms with Crippen LogP contribution in [-0.2, 0) is 9.59 Å². The van der Waals surface area contributed by atoms with Gasteiger partial charge in [0, 0.05) is 13.6 Å². The molecule has 12 heteroatoms. The van der Waals surface area contributed by atoms with Gasteiger partial charge in [0.15, 0.2) is 11.5 Å². The minimum Gasteiger partial charge on any atom is -0.493 e. The smallest absolute Gasteiger partial charge is 0.343 e. The van der Waals surface area contributed by atoms with Gasteiger partial charge in [-0.1, -0.05) is 15.9 Å². The van der Waals surface area contributed by atoms with E-state index in [0.717, 1.165) is 8.47 Å². The highest BCUT2D eigenvalue weighted by Crippen LogP contribution is 2.38. The van der Waals surface area contributed by atoms with E-state index in [0.29, 0.717) is 15.9 Å². The third-order valence-corrected chi connectivity index (χ3v) is 6.77. The van der Waals surface area contributed by atoms with Crippen LogP contribution in [0.25, 0.3) is 6.08 Å². The summed E-state index contributed by atoms with van der Waals surface area (Å²) in [4.78, 5) is 52.5. The van der Waals surface area contributed by atoms with Crippen LogP contribution in [0, 0.1) is 3.57 Å². The molecule has 0 saturated carbocycles. The van der Waals surface area contributed by atoms with Gasteiger partial charge in [0.25, 0.3) is 11.8 Å². The van der Waals surface area contributed by atoms with Crippen molar-refractivity contribution in [3.8, 4) is 23.0 Å². The summed E-state index contributed by atoms with van der Waals surface area (Å²) in [5, 5.41) is 2.18. The zero-order chi connectivity index (χ0) is 28.3. The van der Waals surface area contributed by atoms with Crippen molar-refractivity contribution >= 4 is 74.1 Å². The number of nitrogens with one attached hydrogen (secondary N) is 1. The maximum Gasteiger partial charge on any atom is 0.343 e. The zero-order valence-electron chi connectivity index (χ0n) is 20.7. The normalized spacial score (nSPS) is 14.2. The van der Waals surface area contributed by atoms with Crippen molar-refractivity contribution in [1.29, 1.82) is 0 Å². The summed E-state index contributed by atoms with van der Waals surface area (Å²) >= 11 is 5.45. The van der Waals surface area contributed by atoms with Gasteiger partial charge in [0.1, 0.15) is 11.3 Å². The number of barbiturate groups is 1. The van der Waals surface area contributed by atoms with Crippen molar-refractivity contribution in [3.63, 3.8) is 0 Å². The number of carbonyl (C=O) groups excluding carboxylic acids is 4. The lowest BCUT2D eigenvalue weighted by atomic mass is 10.1. The molecular weight excluding hydrogens is 687 g/mol. The molecule has 0 bridgehead atoms. The molecule has 3 aromatic carbocycles. The fourth-order valence-corrected chi connectivity index (χ4v) is 4.46. The van der Waals surface area contributed by atoms with Gasteiger partial charge in [-0.2, -0.15) is 0 Å². The standard InChI is InChI=1S/C27H20BrIN2O8/c1-36-21-12-15(13-22(37-2)23(21)38-3)26(34)39-20-9-4-16(28)10-14(20)11-19-24(32)30-27(35)31(25(19)33)18-7-5-17(29)6-8-18/h4-13H,1-3H3,(H,30,32,35)/b19-11-. The molecule has 10 nitrogen and oxygen atoms in total. The zero-order valence-corrected chi connectivity index (χ0v) is 24.5. The van der Waals surface area contributed by atoms with Crippen LogP contribution in [-0.4, -0.2) is 45.1 Å². The van der Waals surface area contributed by atoms with Crippen molar-refractivity contribution in [1.82, 2.24) is 5.32 Å². The lowest BCUT2D eigenvalue weighted by molar-refractivity contribution is -0.122. The first kappa shape index (κ1) is 28.1. The monoisotopic (exact) mass is 706 g/mol. The van der Waals surface area contributed by atoms with E-state index in [2.05, 4.69) is 43.8 Å². The number of hydrogen-bond acceptors (Lipinski definition) is 8. The number of carbonyl (C=O) groups is 4. The largest absolute Gasteiger partial charge is 0.493 e. The molecule has 0 spiro atoms. The summed E-state index contributed by atoms with van der Waals surface area (Å²) in [5.74, 6) is -1.59. The summed E-state index contributed by atoms with van der Waals surface area (Å²) in [5.41, 5.74) is 0.310. The Bertz CT molecular complexity index is 1500. The predicted octanol–water partition coefficient (Wildman–Crippen LogP) is 4.97. The van der Waals surface area contributed by atoms with Crippen LogP contribution in [0.4, 0.5) is 10.5 Å². The molecule has 200 valence electrons. The van der Waals surface area contributed by atoms with Gasteiger partial charge in [-0.05, 0) is 83.3 Å². The van der Waals surface area contributed by atoms with E-state index >= 15 is 0 Å². The number of nitrogens with zero attached hydrogens (tertiary/aromatic N) is 1. The van der Waals surface area contributed by atoms with Crippen molar-refractivity contribution < 1.29 is 38.1 Å². The quantitative estimate of drug-likeness (QED) is 0.120. The van der Waals surface area contributed by atoms with Gasteiger partial charge in [-0.15, -0.1) is 0 Å². The van der Waals surface area contributed by atoms with Crippen LogP contribution in [0.2, 0.25) is 0 Å². The van der Waals surface area contributed by atoms with E-state index in [-0.39, 0.29) is 33.9 Å². The molecule has 0 atom stereocenters. The van der Waals surface area contributed by atoms with E-state index in [1.165, 1.54) is 45.6 Å². The summed E-state index contributed by atoms with van der Waals surface area (Å²) < 4.78 is 23.0. The van der Waals surface area contributed by atoms with E-state index in [1.54, 1.807) is 36.4 Å². The number of benzene rings is 3. The molecule has 0 radical (unpaired) electrons. The molecule has 4 rings (SSSR count). The number of methoxy groups -OCH3 is 3. The van der Waals surface area contributed by atoms with Crippen molar-refractivity contribution in [2.24, 2.45) is 0 Å². The van der Waals surface area contributed by atoms with E-state index in [4.69, 9.17) is 18.9 Å². The number of esters is 1. The maximum absolute atomic E-state index is 13.3. The fraction of sp³-hybridized carbons (Fsp3) is 0.111. The highest BCUT2D eigenvalue weighted by atomic mass is 127. The summed E-state index contributed by atoms with van der Waals surface area (Å²) in [6.45, 7) is 0. The Morgan fingerprint density at radius 1 is 0.897 bits per heavy atom. The second-order valence-electron chi connectivity index (χ2n) is 7.92. The van der Waals surface area contributed by atoms with Crippen LogP contribution in [0.1, 0.15) is 15.9 Å². The minimum absolute atomic E-state index is 0.0581. The molecule has 0 aromatic heterocycles. The van der Waals surface area contributed by atoms with Gasteiger partial charge in [0.2, 0.25) is 5.75 Å². The predicted molar refractivity (Wildman–Crippen MR) is 153 cm³/mol. The Morgan fingerprint density at radius 3 is 2.13 bits per heavy atom. The van der Waals surface area contributed by atoms with Gasteiger partial charge >= 0.3 is 12.0 Å². The van der Waals surface area contributed by atoms with E-state index < -0.39 is 23.8 Å². The molecule has 1 saturated heterocycles. The van der Waals surface area contributed by atoms with Crippen LogP contribution in [0.5, 0.6) is 23.0 Å². The molecule has 0 aliphatic carbocycles. The first-order valence-electron chi connectivity index (χ1n) is 11.2. The minimum atomic E-state index is -0.881. The second kappa shape index (κ2) is 11.9. The first-order chi connectivity index (χ1) is 18.7. The summed E-state index contributed by atoms with van der Waals surface area (Å²) in [6, 6.07) is 13.3. The number of amides is 4. The lowest BCUT2D eigenvalue weighted by Gasteiger charge is -2.26. The van der Waals surface area contributed by atoms with Crippen LogP contribution < -0.4 is 29.2 Å². The number of halogens is 2. The van der Waals surface area contributed by atoms with Crippen LogP contribution in [0.15, 0.2) is 64.6 Å². The number of urea groups is 1. The maximum atomic E-state index is 13.3. The number of ether oxygens (including phenoxy) is 4. The SMILES string of the molecule is COc1cc(C(=O)Oc2ccc(Br)cc2/C=C2/C(=O)NC(=O)N(c3ccc(I)cc3)C2=O)cc(OC)c1OC. The molecule has 1 N–H and O–H groups in total. The number of hydrogen-bond donors (Lipinski definition) is 1. The average Bonchev–Trinajstić information content (AvgIpc) is 2.92. The molecule has 1 aliphatic heterocycles. The molecule has 3 aromatic rings. The molecule has 1 aliphatic rings. The highest BCUT2D eigenvalue weighted by Gasteiger charge is 2.37. The van der Waals surface area contributed by atoms with E-state index in [9.17, 15) is 19.2 Å². The van der Waals surface area contributed by atoms with Crippen molar-refractivity contribution in [2.45, 2.75) is 0 Å². The number of anilines is 1. The number of rotatable bonds is 7. The molecule has 1 fully saturated rings. The molecule has 1 heterocycles. The summed E-state index contributed by atoms with van der Waals surface area (Å²) in [7, 11) is 4.28. The summed E-state index contributed by atoms with van der Waals surface area (Å²) in [6.07, 6.45) is 1.26. The van der Waals surface area contributed by atoms with Gasteiger partial charge in [-0.25, -0.2) is 14.5 Å². The van der Waals surface area contributed by atoms with Crippen LogP contribution in [0.3, 0.4) is 0 Å². The van der Waals surface area contributed by atoms with Crippen molar-refractivity contribution in [3.05, 3.63) is 79.3 Å². The Hall–Kier alpha value is -3.91. The molecule has 39 heavy (non-hydrogen) atoms. The Labute approximate surface area is 245 Å². The Morgan fingerprint density at radius 2 is 1.54 bits per heavy atom. The molecule has 4 amide bonds. The first-order valence-corrected chi connectivity index (χ1v) is 13.0. The van der Waals surface area contributed by atoms with Gasteiger partial charge in [0.05, 0.1) is 32.6 Å². The molecular formula is C27H20BrIN2O8. The second-order valence-corrected chi connectivity index (χ2v) is 10.1. The van der Waals surface area contributed by atoms with E-state index in [1.807, 2.05) is 0 Å². The van der Waals surface area contributed by atoms with Gasteiger partial charge in [-0.3, -0.25) is 14.9 Å². The number of imide groups is 2. The molecule has 0 unspecified atom stereocenters. The van der Waals surface area contributed by atoms with Crippen molar-refractivity contribution in [2.75, 3.05) is 26.2 Å². The lowest BCUT2D eigenvalue weighted by Crippen LogP contribution is -2.54. The fourth-order valence-electron chi connectivity index (χ4n) is 3.72. The Balaban J connectivity index is 1.71. The third-order valence-electron chi connectivity index (χ3n) is 5.56. The average molecular weight is 707 g/mol.